The number of rotatable bonds is 12. The molecule has 39 heavy (non-hydrogen) atoms. The molecule has 0 aliphatic carbocycles. The summed E-state index contributed by atoms with van der Waals surface area (Å²) in [6.45, 7) is 5.55. The van der Waals surface area contributed by atoms with E-state index in [-0.39, 0.29) is 34.7 Å². The molecule has 8 nitrogen and oxygen atoms in total. The summed E-state index contributed by atoms with van der Waals surface area (Å²) in [5.74, 6) is -0.376. The topological polar surface area (TPSA) is 96.0 Å². The Balaban J connectivity index is 2.03. The summed E-state index contributed by atoms with van der Waals surface area (Å²) in [6, 6.07) is 20.5. The zero-order chi connectivity index (χ0) is 28.6. The van der Waals surface area contributed by atoms with E-state index in [0.29, 0.717) is 11.6 Å². The molecule has 1 atom stereocenters. The first-order valence-corrected chi connectivity index (χ1v) is 14.4. The Bertz CT molecular complexity index is 1370. The maximum absolute atomic E-state index is 13.9. The van der Waals surface area contributed by atoms with Crippen LogP contribution in [0.5, 0.6) is 5.75 Å². The van der Waals surface area contributed by atoms with Gasteiger partial charge < -0.3 is 15.0 Å². The van der Waals surface area contributed by atoms with Crippen LogP contribution in [0.4, 0.5) is 5.69 Å². The fourth-order valence-corrected chi connectivity index (χ4v) is 5.46. The molecule has 0 fully saturated rings. The van der Waals surface area contributed by atoms with Crippen LogP contribution >= 0.6 is 11.6 Å². The number of hydrogen-bond donors (Lipinski definition) is 1. The van der Waals surface area contributed by atoms with E-state index >= 15 is 0 Å². The molecule has 0 radical (unpaired) electrons. The SMILES string of the molecule is COc1ccccc1N(CC(=O)N(Cc1ccc(Cl)cc1)C(C)C(=O)NCC(C)C)S(=O)(=O)c1ccccc1. The molecule has 3 aromatic carbocycles. The van der Waals surface area contributed by atoms with Crippen molar-refractivity contribution in [2.75, 3.05) is 24.5 Å². The van der Waals surface area contributed by atoms with E-state index in [9.17, 15) is 18.0 Å². The van der Waals surface area contributed by atoms with Gasteiger partial charge in [-0.25, -0.2) is 8.42 Å². The molecular formula is C29H34ClN3O5S. The third-order valence-corrected chi connectivity index (χ3v) is 8.11. The molecule has 0 bridgehead atoms. The van der Waals surface area contributed by atoms with E-state index in [1.54, 1.807) is 73.7 Å². The number of nitrogens with one attached hydrogen (secondary N) is 1. The summed E-state index contributed by atoms with van der Waals surface area (Å²) in [5, 5.41) is 3.40. The average molecular weight is 572 g/mol. The number of carbonyl (C=O) groups is 2. The van der Waals surface area contributed by atoms with E-state index in [0.717, 1.165) is 9.87 Å². The fraction of sp³-hybridized carbons (Fsp3) is 0.310. The fourth-order valence-electron chi connectivity index (χ4n) is 3.89. The number of benzene rings is 3. The van der Waals surface area contributed by atoms with E-state index in [4.69, 9.17) is 16.3 Å². The van der Waals surface area contributed by atoms with Crippen molar-refractivity contribution < 1.29 is 22.7 Å². The summed E-state index contributed by atoms with van der Waals surface area (Å²) in [4.78, 5) is 28.4. The van der Waals surface area contributed by atoms with Gasteiger partial charge in [0.1, 0.15) is 18.3 Å². The van der Waals surface area contributed by atoms with Crippen LogP contribution in [0.1, 0.15) is 26.3 Å². The lowest BCUT2D eigenvalue weighted by Gasteiger charge is -2.32. The van der Waals surface area contributed by atoms with Crippen molar-refractivity contribution in [3.8, 4) is 5.75 Å². The molecule has 3 rings (SSSR count). The number of sulfonamides is 1. The summed E-state index contributed by atoms with van der Waals surface area (Å²) in [6.07, 6.45) is 0. The van der Waals surface area contributed by atoms with Crippen molar-refractivity contribution >= 4 is 39.1 Å². The van der Waals surface area contributed by atoms with Gasteiger partial charge in [0, 0.05) is 18.1 Å². The van der Waals surface area contributed by atoms with Crippen LogP contribution in [0.3, 0.4) is 0 Å². The predicted molar refractivity (Wildman–Crippen MR) is 153 cm³/mol. The quantitative estimate of drug-likeness (QED) is 0.339. The first-order valence-electron chi connectivity index (χ1n) is 12.6. The molecule has 1 unspecified atom stereocenters. The molecule has 0 aromatic heterocycles. The average Bonchev–Trinajstić information content (AvgIpc) is 2.94. The molecule has 208 valence electrons. The van der Waals surface area contributed by atoms with Gasteiger partial charge in [0.25, 0.3) is 10.0 Å². The second-order valence-corrected chi connectivity index (χ2v) is 11.8. The van der Waals surface area contributed by atoms with Gasteiger partial charge in [-0.3, -0.25) is 13.9 Å². The molecule has 0 spiro atoms. The highest BCUT2D eigenvalue weighted by Gasteiger charge is 2.33. The second-order valence-electron chi connectivity index (χ2n) is 9.46. The van der Waals surface area contributed by atoms with Crippen LogP contribution in [0.2, 0.25) is 5.02 Å². The maximum atomic E-state index is 13.9. The van der Waals surface area contributed by atoms with Crippen molar-refractivity contribution in [2.45, 2.75) is 38.3 Å². The number of ether oxygens (including phenoxy) is 1. The Kier molecular flexibility index (Phi) is 10.4. The van der Waals surface area contributed by atoms with Crippen LogP contribution in [0, 0.1) is 5.92 Å². The highest BCUT2D eigenvalue weighted by molar-refractivity contribution is 7.92. The molecule has 0 aliphatic heterocycles. The summed E-state index contributed by atoms with van der Waals surface area (Å²) in [5.41, 5.74) is 0.951. The lowest BCUT2D eigenvalue weighted by Crippen LogP contribution is -2.51. The molecule has 2 amide bonds. The van der Waals surface area contributed by atoms with Gasteiger partial charge in [-0.05, 0) is 54.8 Å². The summed E-state index contributed by atoms with van der Waals surface area (Å²) >= 11 is 6.04. The third kappa shape index (κ3) is 7.74. The van der Waals surface area contributed by atoms with Crippen molar-refractivity contribution in [3.63, 3.8) is 0 Å². The molecule has 0 heterocycles. The Morgan fingerprint density at radius 1 is 0.923 bits per heavy atom. The molecule has 0 aliphatic rings. The minimum Gasteiger partial charge on any atom is -0.495 e. The summed E-state index contributed by atoms with van der Waals surface area (Å²) < 4.78 is 34.1. The zero-order valence-corrected chi connectivity index (χ0v) is 24.1. The second kappa shape index (κ2) is 13.5. The molecule has 0 saturated heterocycles. The van der Waals surface area contributed by atoms with Gasteiger partial charge in [-0.2, -0.15) is 0 Å². The Morgan fingerprint density at radius 2 is 1.54 bits per heavy atom. The Hall–Kier alpha value is -3.56. The van der Waals surface area contributed by atoms with Crippen LogP contribution in [-0.2, 0) is 26.2 Å². The highest BCUT2D eigenvalue weighted by Crippen LogP contribution is 2.32. The van der Waals surface area contributed by atoms with Gasteiger partial charge in [-0.15, -0.1) is 0 Å². The van der Waals surface area contributed by atoms with E-state index < -0.39 is 28.5 Å². The van der Waals surface area contributed by atoms with Gasteiger partial charge in [0.05, 0.1) is 17.7 Å². The van der Waals surface area contributed by atoms with Crippen LogP contribution in [-0.4, -0.2) is 51.4 Å². The number of methoxy groups -OCH3 is 1. The lowest BCUT2D eigenvalue weighted by molar-refractivity contribution is -0.139. The van der Waals surface area contributed by atoms with Gasteiger partial charge >= 0.3 is 0 Å². The van der Waals surface area contributed by atoms with Crippen molar-refractivity contribution in [1.29, 1.82) is 0 Å². The van der Waals surface area contributed by atoms with Crippen LogP contribution in [0.25, 0.3) is 0 Å². The number of halogens is 1. The molecular weight excluding hydrogens is 538 g/mol. The number of nitrogens with zero attached hydrogens (tertiary/aromatic N) is 2. The van der Waals surface area contributed by atoms with Gasteiger partial charge in [0.2, 0.25) is 11.8 Å². The van der Waals surface area contributed by atoms with Gasteiger partial charge in [-0.1, -0.05) is 67.9 Å². The molecule has 10 heteroatoms. The number of carbonyl (C=O) groups excluding carboxylic acids is 2. The normalized spacial score (nSPS) is 12.1. The number of amides is 2. The standard InChI is InChI=1S/C29H34ClN3O5S/c1-21(2)18-31-29(35)22(3)32(19-23-14-16-24(30)17-15-23)28(34)20-33(26-12-8-9-13-27(26)38-4)39(36,37)25-10-6-5-7-11-25/h5-17,21-22H,18-20H2,1-4H3,(H,31,35). The zero-order valence-electron chi connectivity index (χ0n) is 22.5. The van der Waals surface area contributed by atoms with Gasteiger partial charge in [0.15, 0.2) is 0 Å². The third-order valence-electron chi connectivity index (χ3n) is 6.08. The lowest BCUT2D eigenvalue weighted by atomic mass is 10.1. The summed E-state index contributed by atoms with van der Waals surface area (Å²) in [7, 11) is -2.74. The largest absolute Gasteiger partial charge is 0.495 e. The first kappa shape index (κ1) is 30.0. The Labute approximate surface area is 235 Å². The smallest absolute Gasteiger partial charge is 0.264 e. The van der Waals surface area contributed by atoms with Crippen molar-refractivity contribution in [1.82, 2.24) is 10.2 Å². The minimum atomic E-state index is -4.17. The monoisotopic (exact) mass is 571 g/mol. The number of anilines is 1. The number of para-hydroxylation sites is 2. The minimum absolute atomic E-state index is 0.0238. The first-order chi connectivity index (χ1) is 18.5. The Morgan fingerprint density at radius 3 is 2.15 bits per heavy atom. The van der Waals surface area contributed by atoms with Crippen LogP contribution < -0.4 is 14.4 Å². The van der Waals surface area contributed by atoms with Crippen LogP contribution in [0.15, 0.2) is 83.8 Å². The number of hydrogen-bond acceptors (Lipinski definition) is 5. The molecule has 1 N–H and O–H groups in total. The van der Waals surface area contributed by atoms with Crippen molar-refractivity contribution in [2.24, 2.45) is 5.92 Å². The van der Waals surface area contributed by atoms with Crippen molar-refractivity contribution in [3.05, 3.63) is 89.4 Å². The molecule has 3 aromatic rings. The van der Waals surface area contributed by atoms with E-state index in [1.165, 1.54) is 24.1 Å². The molecule has 0 saturated carbocycles. The van der Waals surface area contributed by atoms with E-state index in [1.807, 2.05) is 13.8 Å². The highest BCUT2D eigenvalue weighted by atomic mass is 35.5. The maximum Gasteiger partial charge on any atom is 0.264 e. The van der Waals surface area contributed by atoms with E-state index in [2.05, 4.69) is 5.32 Å². The predicted octanol–water partition coefficient (Wildman–Crippen LogP) is 4.73.